The summed E-state index contributed by atoms with van der Waals surface area (Å²) in [5.74, 6) is 0.716. The fourth-order valence-electron chi connectivity index (χ4n) is 2.85. The third-order valence-electron chi connectivity index (χ3n) is 4.46. The average molecular weight is 417 g/mol. The van der Waals surface area contributed by atoms with Crippen molar-refractivity contribution in [2.24, 2.45) is 4.99 Å². The minimum atomic E-state index is 0.716. The highest BCUT2D eigenvalue weighted by molar-refractivity contribution is 5.74. The van der Waals surface area contributed by atoms with Crippen LogP contribution in [0.2, 0.25) is 0 Å². The predicted molar refractivity (Wildman–Crippen MR) is 128 cm³/mol. The summed E-state index contributed by atoms with van der Waals surface area (Å²) in [5, 5.41) is 7.56. The van der Waals surface area contributed by atoms with E-state index in [1.54, 1.807) is 30.4 Å². The molecular formula is C23H28N8. The van der Waals surface area contributed by atoms with Crippen LogP contribution >= 0.6 is 0 Å². The molecule has 160 valence electrons. The molecule has 3 aromatic heterocycles. The molecule has 3 heterocycles. The normalized spacial score (nSPS) is 11.1. The molecule has 0 aliphatic rings. The molecule has 0 saturated heterocycles. The zero-order chi connectivity index (χ0) is 22.1. The van der Waals surface area contributed by atoms with Gasteiger partial charge in [0.05, 0.1) is 24.3 Å². The Labute approximate surface area is 182 Å². The van der Waals surface area contributed by atoms with Crippen LogP contribution in [0.3, 0.4) is 0 Å². The first kappa shape index (κ1) is 21.8. The van der Waals surface area contributed by atoms with Gasteiger partial charge in [-0.15, -0.1) is 0 Å². The number of nitrogens with one attached hydrogen (secondary N) is 2. The van der Waals surface area contributed by atoms with E-state index in [1.165, 1.54) is 5.56 Å². The number of hydrogen-bond acceptors (Lipinski definition) is 6. The second-order valence-electron chi connectivity index (χ2n) is 6.74. The zero-order valence-corrected chi connectivity index (χ0v) is 18.3. The number of fused-ring (bicyclic) bond motifs is 1. The summed E-state index contributed by atoms with van der Waals surface area (Å²) in [6.45, 7) is 4.16. The molecule has 0 aliphatic carbocycles. The minimum absolute atomic E-state index is 0.716. The molecule has 0 saturated carbocycles. The lowest BCUT2D eigenvalue weighted by Crippen LogP contribution is -2.08. The minimum Gasteiger partial charge on any atom is -0.337 e. The Morgan fingerprint density at radius 2 is 1.94 bits per heavy atom. The number of aromatic nitrogens is 5. The Kier molecular flexibility index (Phi) is 7.53. The summed E-state index contributed by atoms with van der Waals surface area (Å²) in [7, 11) is 3.58. The second kappa shape index (κ2) is 10.7. The Morgan fingerprint density at radius 3 is 2.61 bits per heavy atom. The average Bonchev–Trinajstić information content (AvgIpc) is 3.43. The molecule has 1 aromatic carbocycles. The Bertz CT molecular complexity index is 1150. The van der Waals surface area contributed by atoms with Gasteiger partial charge in [0.2, 0.25) is 0 Å². The molecular weight excluding hydrogens is 388 g/mol. The first-order chi connectivity index (χ1) is 15.2. The van der Waals surface area contributed by atoms with Gasteiger partial charge in [-0.25, -0.2) is 9.97 Å². The van der Waals surface area contributed by atoms with Crippen LogP contribution in [0, 0.1) is 6.92 Å². The SMILES string of the molecule is CC/C=C\C=NC.CNn1cc(-c2cnc3c(Nc4ccc(C)cc4)nccn23)cn1. The number of allylic oxidation sites excluding steroid dienone is 2. The first-order valence-corrected chi connectivity index (χ1v) is 10.1. The maximum atomic E-state index is 4.52. The summed E-state index contributed by atoms with van der Waals surface area (Å²) >= 11 is 0. The van der Waals surface area contributed by atoms with Gasteiger partial charge in [-0.2, -0.15) is 9.89 Å². The molecule has 4 rings (SSSR count). The molecule has 8 nitrogen and oxygen atoms in total. The van der Waals surface area contributed by atoms with Crippen LogP contribution in [-0.2, 0) is 0 Å². The Balaban J connectivity index is 0.000000339. The van der Waals surface area contributed by atoms with E-state index in [0.717, 1.165) is 29.0 Å². The van der Waals surface area contributed by atoms with Crippen LogP contribution in [0.15, 0.2) is 72.4 Å². The maximum Gasteiger partial charge on any atom is 0.180 e. The van der Waals surface area contributed by atoms with Crippen molar-refractivity contribution in [3.05, 3.63) is 73.0 Å². The van der Waals surface area contributed by atoms with Gasteiger partial charge in [0.25, 0.3) is 0 Å². The van der Waals surface area contributed by atoms with E-state index >= 15 is 0 Å². The molecule has 8 heteroatoms. The van der Waals surface area contributed by atoms with Crippen molar-refractivity contribution in [2.45, 2.75) is 20.3 Å². The topological polar surface area (TPSA) is 84.4 Å². The van der Waals surface area contributed by atoms with Gasteiger partial charge < -0.3 is 10.7 Å². The molecule has 0 atom stereocenters. The van der Waals surface area contributed by atoms with Crippen molar-refractivity contribution in [3.63, 3.8) is 0 Å². The van der Waals surface area contributed by atoms with Crippen LogP contribution in [0.5, 0.6) is 0 Å². The summed E-state index contributed by atoms with van der Waals surface area (Å²) in [6, 6.07) is 8.18. The van der Waals surface area contributed by atoms with Crippen molar-refractivity contribution in [2.75, 3.05) is 24.8 Å². The largest absolute Gasteiger partial charge is 0.337 e. The van der Waals surface area contributed by atoms with Crippen molar-refractivity contribution >= 4 is 23.4 Å². The van der Waals surface area contributed by atoms with Crippen LogP contribution < -0.4 is 10.7 Å². The number of anilines is 2. The smallest absolute Gasteiger partial charge is 0.180 e. The van der Waals surface area contributed by atoms with Crippen LogP contribution in [0.25, 0.3) is 16.9 Å². The lowest BCUT2D eigenvalue weighted by molar-refractivity contribution is 0.782. The first-order valence-electron chi connectivity index (χ1n) is 10.1. The Hall–Kier alpha value is -3.94. The number of rotatable bonds is 6. The van der Waals surface area contributed by atoms with Gasteiger partial charge in [0, 0.05) is 44.0 Å². The van der Waals surface area contributed by atoms with E-state index in [-0.39, 0.29) is 0 Å². The number of benzene rings is 1. The van der Waals surface area contributed by atoms with Crippen molar-refractivity contribution in [1.82, 2.24) is 24.3 Å². The number of hydrogen-bond donors (Lipinski definition) is 2. The fourth-order valence-corrected chi connectivity index (χ4v) is 2.85. The van der Waals surface area contributed by atoms with Gasteiger partial charge in [0.1, 0.15) is 0 Å². The summed E-state index contributed by atoms with van der Waals surface area (Å²) in [6.07, 6.45) is 16.1. The van der Waals surface area contributed by atoms with E-state index in [0.29, 0.717) is 5.82 Å². The van der Waals surface area contributed by atoms with Crippen LogP contribution in [-0.4, -0.2) is 44.6 Å². The van der Waals surface area contributed by atoms with Gasteiger partial charge >= 0.3 is 0 Å². The molecule has 31 heavy (non-hydrogen) atoms. The zero-order valence-electron chi connectivity index (χ0n) is 18.3. The molecule has 0 unspecified atom stereocenters. The molecule has 0 aliphatic heterocycles. The lowest BCUT2D eigenvalue weighted by atomic mass is 10.2. The molecule has 0 spiro atoms. The van der Waals surface area contributed by atoms with E-state index in [2.05, 4.69) is 62.9 Å². The summed E-state index contributed by atoms with van der Waals surface area (Å²) in [4.78, 5) is 14.4. The van der Waals surface area contributed by atoms with Crippen LogP contribution in [0.1, 0.15) is 18.9 Å². The molecule has 0 radical (unpaired) electrons. The van der Waals surface area contributed by atoms with E-state index in [1.807, 2.05) is 48.2 Å². The molecule has 2 N–H and O–H groups in total. The highest BCUT2D eigenvalue weighted by Crippen LogP contribution is 2.24. The van der Waals surface area contributed by atoms with Crippen molar-refractivity contribution in [3.8, 4) is 11.3 Å². The monoisotopic (exact) mass is 416 g/mol. The standard InChI is InChI=1S/C17H17N7.C6H11N/c1-12-3-5-14(6-4-12)22-16-17-20-10-15(23(17)8-7-19-16)13-9-21-24(11-13)18-2;1-3-4-5-6-7-2/h3-11,18H,1-2H3,(H,19,22);4-6H,3H2,1-2H3/b;5-4-,7-6?. The predicted octanol–water partition coefficient (Wildman–Crippen LogP) is 4.47. The van der Waals surface area contributed by atoms with Crippen molar-refractivity contribution < 1.29 is 0 Å². The fraction of sp³-hybridized carbons (Fsp3) is 0.217. The summed E-state index contributed by atoms with van der Waals surface area (Å²) in [5.41, 5.74) is 7.86. The molecule has 0 bridgehead atoms. The lowest BCUT2D eigenvalue weighted by Gasteiger charge is -2.07. The third-order valence-corrected chi connectivity index (χ3v) is 4.46. The summed E-state index contributed by atoms with van der Waals surface area (Å²) < 4.78 is 2.00. The number of aliphatic imine (C=N–C) groups is 1. The third kappa shape index (κ3) is 5.57. The van der Waals surface area contributed by atoms with Crippen LogP contribution in [0.4, 0.5) is 11.5 Å². The van der Waals surface area contributed by atoms with E-state index in [9.17, 15) is 0 Å². The molecule has 0 amide bonds. The van der Waals surface area contributed by atoms with Gasteiger partial charge in [-0.1, -0.05) is 30.7 Å². The molecule has 4 aromatic rings. The Morgan fingerprint density at radius 1 is 1.13 bits per heavy atom. The van der Waals surface area contributed by atoms with E-state index < -0.39 is 0 Å². The van der Waals surface area contributed by atoms with Gasteiger partial charge in [-0.05, 0) is 31.6 Å². The molecule has 0 fully saturated rings. The number of imidazole rings is 1. The number of aryl methyl sites for hydroxylation is 1. The van der Waals surface area contributed by atoms with Gasteiger partial charge in [0.15, 0.2) is 11.5 Å². The number of nitrogens with zero attached hydrogens (tertiary/aromatic N) is 6. The second-order valence-corrected chi connectivity index (χ2v) is 6.74. The van der Waals surface area contributed by atoms with E-state index in [4.69, 9.17) is 0 Å². The van der Waals surface area contributed by atoms with Crippen molar-refractivity contribution in [1.29, 1.82) is 0 Å². The van der Waals surface area contributed by atoms with Gasteiger partial charge in [-0.3, -0.25) is 9.39 Å². The quantitative estimate of drug-likeness (QED) is 0.453. The highest BCUT2D eigenvalue weighted by Gasteiger charge is 2.12. The maximum absolute atomic E-state index is 4.52. The highest BCUT2D eigenvalue weighted by atomic mass is 15.5.